The maximum Gasteiger partial charge on any atom is 0.327 e. The lowest BCUT2D eigenvalue weighted by atomic mass is 10.1. The Hall–Kier alpha value is -3.73. The molecule has 3 rings (SSSR count). The van der Waals surface area contributed by atoms with Crippen molar-refractivity contribution in [2.24, 2.45) is 0 Å². The highest BCUT2D eigenvalue weighted by Crippen LogP contribution is 2.46. The molecule has 1 N–H and O–H groups in total. The molecule has 2 heterocycles. The number of aromatic nitrogens is 2. The van der Waals surface area contributed by atoms with E-state index >= 15 is 0 Å². The summed E-state index contributed by atoms with van der Waals surface area (Å²) in [4.78, 5) is 33.3. The van der Waals surface area contributed by atoms with Gasteiger partial charge in [0.05, 0.1) is 42.5 Å². The van der Waals surface area contributed by atoms with Crippen LogP contribution in [-0.2, 0) is 0 Å². The molecule has 10 nitrogen and oxygen atoms in total. The van der Waals surface area contributed by atoms with Crippen LogP contribution in [0.1, 0.15) is 16.1 Å². The topological polar surface area (TPSA) is 126 Å². The normalized spacial score (nSPS) is 10.4. The number of hydrogen-bond acceptors (Lipinski definition) is 9. The number of methoxy groups -OCH3 is 3. The Morgan fingerprint density at radius 1 is 1.17 bits per heavy atom. The van der Waals surface area contributed by atoms with Crippen LogP contribution in [0.25, 0.3) is 10.6 Å². The van der Waals surface area contributed by atoms with Gasteiger partial charge in [0.1, 0.15) is 5.56 Å². The van der Waals surface area contributed by atoms with Crippen LogP contribution < -0.4 is 19.5 Å². The molecule has 0 aliphatic heterocycles. The van der Waals surface area contributed by atoms with Crippen molar-refractivity contribution >= 4 is 28.1 Å². The van der Waals surface area contributed by atoms with E-state index in [1.54, 1.807) is 19.2 Å². The number of amides is 1. The van der Waals surface area contributed by atoms with Crippen molar-refractivity contribution in [2.45, 2.75) is 6.92 Å². The molecule has 0 atom stereocenters. The first-order valence-electron chi connectivity index (χ1n) is 8.58. The molecule has 30 heavy (non-hydrogen) atoms. The summed E-state index contributed by atoms with van der Waals surface area (Å²) in [6.45, 7) is 1.79. The average molecular weight is 430 g/mol. The molecular formula is C19H18N4O6S. The average Bonchev–Trinajstić information content (AvgIpc) is 3.12. The van der Waals surface area contributed by atoms with Crippen LogP contribution in [0.3, 0.4) is 0 Å². The van der Waals surface area contributed by atoms with Crippen molar-refractivity contribution in [1.29, 1.82) is 0 Å². The van der Waals surface area contributed by atoms with Crippen LogP contribution in [-0.4, -0.2) is 42.1 Å². The summed E-state index contributed by atoms with van der Waals surface area (Å²) in [6.07, 6.45) is 1.66. The lowest BCUT2D eigenvalue weighted by Crippen LogP contribution is -2.15. The van der Waals surface area contributed by atoms with Gasteiger partial charge < -0.3 is 14.2 Å². The van der Waals surface area contributed by atoms with Gasteiger partial charge in [-0.1, -0.05) is 17.4 Å². The maximum absolute atomic E-state index is 12.9. The van der Waals surface area contributed by atoms with E-state index in [4.69, 9.17) is 14.2 Å². The molecule has 0 spiro atoms. The zero-order chi connectivity index (χ0) is 21.8. The highest BCUT2D eigenvalue weighted by molar-refractivity contribution is 7.19. The number of ether oxygens (including phenoxy) is 3. The summed E-state index contributed by atoms with van der Waals surface area (Å²) >= 11 is 1.21. The van der Waals surface area contributed by atoms with Gasteiger partial charge in [-0.25, -0.2) is 4.98 Å². The summed E-state index contributed by atoms with van der Waals surface area (Å²) in [5, 5.41) is 14.6. The van der Waals surface area contributed by atoms with E-state index in [0.717, 1.165) is 4.88 Å². The van der Waals surface area contributed by atoms with Gasteiger partial charge >= 0.3 is 5.69 Å². The fourth-order valence-corrected chi connectivity index (χ4v) is 3.78. The molecule has 0 bridgehead atoms. The molecule has 0 aliphatic rings. The number of carbonyl (C=O) groups excluding carboxylic acids is 1. The third-order valence-corrected chi connectivity index (χ3v) is 5.24. The Morgan fingerprint density at radius 2 is 1.90 bits per heavy atom. The number of nitrogens with zero attached hydrogens (tertiary/aromatic N) is 3. The molecule has 0 unspecified atom stereocenters. The smallest absolute Gasteiger partial charge is 0.327 e. The molecule has 3 aromatic rings. The third kappa shape index (κ3) is 3.87. The quantitative estimate of drug-likeness (QED) is 0.444. The molecule has 156 valence electrons. The zero-order valence-corrected chi connectivity index (χ0v) is 17.4. The largest absolute Gasteiger partial charge is 0.493 e. The summed E-state index contributed by atoms with van der Waals surface area (Å²) in [5.74, 6) is -0.806. The molecule has 1 amide bonds. The standard InChI is InChI=1S/C19H18N4O6S/c1-10-17(12-7-5-6-8-20-12)30-19(21-10)22-18(24)11-9-13(27-2)15(28-3)16(29-4)14(11)23(25)26/h5-9H,1-4H3,(H,21,22,24). The Morgan fingerprint density at radius 3 is 2.47 bits per heavy atom. The summed E-state index contributed by atoms with van der Waals surface area (Å²) in [7, 11) is 3.92. The minimum Gasteiger partial charge on any atom is -0.493 e. The van der Waals surface area contributed by atoms with E-state index in [1.807, 2.05) is 12.1 Å². The van der Waals surface area contributed by atoms with Crippen molar-refractivity contribution in [3.8, 4) is 27.8 Å². The molecular weight excluding hydrogens is 412 g/mol. The number of aryl methyl sites for hydroxylation is 1. The molecule has 0 radical (unpaired) electrons. The Bertz CT molecular complexity index is 1100. The number of carbonyl (C=O) groups is 1. The zero-order valence-electron chi connectivity index (χ0n) is 16.6. The highest BCUT2D eigenvalue weighted by Gasteiger charge is 2.32. The van der Waals surface area contributed by atoms with Crippen molar-refractivity contribution < 1.29 is 23.9 Å². The number of thiazole rings is 1. The minimum absolute atomic E-state index is 0.0192. The number of nitro groups is 1. The highest BCUT2D eigenvalue weighted by atomic mass is 32.1. The Labute approximate surface area is 175 Å². The number of anilines is 1. The number of hydrogen-bond donors (Lipinski definition) is 1. The van der Waals surface area contributed by atoms with Crippen molar-refractivity contribution in [3.63, 3.8) is 0 Å². The predicted molar refractivity (Wildman–Crippen MR) is 111 cm³/mol. The van der Waals surface area contributed by atoms with Gasteiger partial charge in [-0.2, -0.15) is 0 Å². The molecule has 0 saturated heterocycles. The number of pyridine rings is 1. The molecule has 11 heteroatoms. The second kappa shape index (κ2) is 8.74. The summed E-state index contributed by atoms with van der Waals surface area (Å²) < 4.78 is 15.5. The Kier molecular flexibility index (Phi) is 6.11. The first kappa shape index (κ1) is 21.0. The second-order valence-corrected chi connectivity index (χ2v) is 6.90. The van der Waals surface area contributed by atoms with Crippen LogP contribution in [0, 0.1) is 17.0 Å². The second-order valence-electron chi connectivity index (χ2n) is 5.90. The van der Waals surface area contributed by atoms with Crippen LogP contribution in [0.15, 0.2) is 30.5 Å². The van der Waals surface area contributed by atoms with Gasteiger partial charge in [0.2, 0.25) is 11.5 Å². The van der Waals surface area contributed by atoms with Gasteiger partial charge in [0, 0.05) is 12.3 Å². The van der Waals surface area contributed by atoms with E-state index in [-0.39, 0.29) is 27.9 Å². The number of rotatable bonds is 7. The van der Waals surface area contributed by atoms with Gasteiger partial charge in [0.15, 0.2) is 10.9 Å². The van der Waals surface area contributed by atoms with Crippen molar-refractivity contribution in [1.82, 2.24) is 9.97 Å². The van der Waals surface area contributed by atoms with E-state index in [1.165, 1.54) is 38.7 Å². The number of benzene rings is 1. The summed E-state index contributed by atoms with van der Waals surface area (Å²) in [5.41, 5.74) is 0.604. The SMILES string of the molecule is COc1cc(C(=O)Nc2nc(C)c(-c3ccccn3)s2)c([N+](=O)[O-])c(OC)c1OC. The van der Waals surface area contributed by atoms with Gasteiger partial charge in [-0.3, -0.25) is 25.2 Å². The fourth-order valence-electron chi connectivity index (χ4n) is 2.84. The van der Waals surface area contributed by atoms with E-state index in [2.05, 4.69) is 15.3 Å². The van der Waals surface area contributed by atoms with E-state index < -0.39 is 16.5 Å². The monoisotopic (exact) mass is 430 g/mol. The van der Waals surface area contributed by atoms with Gasteiger partial charge in [-0.15, -0.1) is 0 Å². The summed E-state index contributed by atoms with van der Waals surface area (Å²) in [6, 6.07) is 6.70. The molecule has 2 aromatic heterocycles. The van der Waals surface area contributed by atoms with Crippen LogP contribution in [0.2, 0.25) is 0 Å². The van der Waals surface area contributed by atoms with Crippen LogP contribution in [0.5, 0.6) is 17.2 Å². The lowest BCUT2D eigenvalue weighted by molar-refractivity contribution is -0.386. The molecule has 0 fully saturated rings. The fraction of sp³-hybridized carbons (Fsp3) is 0.211. The first-order valence-corrected chi connectivity index (χ1v) is 9.40. The Balaban J connectivity index is 2.03. The van der Waals surface area contributed by atoms with Crippen molar-refractivity contribution in [3.05, 3.63) is 51.8 Å². The predicted octanol–water partition coefficient (Wildman–Crippen LogP) is 3.70. The van der Waals surface area contributed by atoms with Crippen LogP contribution in [0.4, 0.5) is 10.8 Å². The maximum atomic E-state index is 12.9. The number of nitro benzene ring substituents is 1. The third-order valence-electron chi connectivity index (χ3n) is 4.15. The van der Waals surface area contributed by atoms with Crippen LogP contribution >= 0.6 is 11.3 Å². The number of nitrogens with one attached hydrogen (secondary N) is 1. The van der Waals surface area contributed by atoms with E-state index in [9.17, 15) is 14.9 Å². The first-order chi connectivity index (χ1) is 14.4. The lowest BCUT2D eigenvalue weighted by Gasteiger charge is -2.14. The van der Waals surface area contributed by atoms with Gasteiger partial charge in [0.25, 0.3) is 5.91 Å². The van der Waals surface area contributed by atoms with E-state index in [0.29, 0.717) is 11.4 Å². The molecule has 0 saturated carbocycles. The molecule has 0 aliphatic carbocycles. The molecule has 1 aromatic carbocycles. The van der Waals surface area contributed by atoms with Crippen molar-refractivity contribution in [2.75, 3.05) is 26.6 Å². The minimum atomic E-state index is -0.734. The van der Waals surface area contributed by atoms with Gasteiger partial charge in [-0.05, 0) is 19.1 Å².